The first kappa shape index (κ1) is 15.3. The van der Waals surface area contributed by atoms with Gasteiger partial charge in [-0.3, -0.25) is 0 Å². The highest BCUT2D eigenvalue weighted by Crippen LogP contribution is 2.37. The fourth-order valence-electron chi connectivity index (χ4n) is 1.54. The molecule has 2 aromatic carbocycles. The Hall–Kier alpha value is -2.09. The Balaban J connectivity index is 2.40. The third-order valence-corrected chi connectivity index (χ3v) is 3.74. The predicted octanol–water partition coefficient (Wildman–Crippen LogP) is 3.61. The van der Waals surface area contributed by atoms with Gasteiger partial charge in [0, 0.05) is 0 Å². The van der Waals surface area contributed by atoms with Crippen LogP contribution in [0.2, 0.25) is 0 Å². The van der Waals surface area contributed by atoms with Gasteiger partial charge in [0.1, 0.15) is 10.7 Å². The first-order chi connectivity index (χ1) is 9.70. The number of halogens is 4. The molecule has 0 heterocycles. The van der Waals surface area contributed by atoms with Crippen molar-refractivity contribution in [3.05, 3.63) is 59.9 Å². The molecule has 21 heavy (non-hydrogen) atoms. The summed E-state index contributed by atoms with van der Waals surface area (Å²) in [4.78, 5) is -0.444. The van der Waals surface area contributed by atoms with Crippen molar-refractivity contribution in [2.24, 2.45) is 0 Å². The lowest BCUT2D eigenvalue weighted by molar-refractivity contribution is -0.138. The van der Waals surface area contributed by atoms with Gasteiger partial charge >= 0.3 is 16.3 Å². The molecular formula is C13H8F4O3S. The highest BCUT2D eigenvalue weighted by Gasteiger charge is 2.35. The predicted molar refractivity (Wildman–Crippen MR) is 65.7 cm³/mol. The van der Waals surface area contributed by atoms with Gasteiger partial charge in [0.25, 0.3) is 0 Å². The second kappa shape index (κ2) is 5.36. The largest absolute Gasteiger partial charge is 0.420 e. The van der Waals surface area contributed by atoms with Crippen molar-refractivity contribution >= 4 is 10.1 Å². The van der Waals surface area contributed by atoms with Crippen LogP contribution in [0.3, 0.4) is 0 Å². The van der Waals surface area contributed by atoms with Crippen LogP contribution in [-0.2, 0) is 16.3 Å². The Morgan fingerprint density at radius 3 is 2.05 bits per heavy atom. The van der Waals surface area contributed by atoms with Crippen LogP contribution < -0.4 is 4.18 Å². The summed E-state index contributed by atoms with van der Waals surface area (Å²) in [7, 11) is -4.48. The Morgan fingerprint density at radius 2 is 1.48 bits per heavy atom. The van der Waals surface area contributed by atoms with Gasteiger partial charge in [-0.25, -0.2) is 4.39 Å². The zero-order chi connectivity index (χ0) is 15.7. The van der Waals surface area contributed by atoms with Crippen molar-refractivity contribution < 1.29 is 30.2 Å². The smallest absolute Gasteiger partial charge is 0.378 e. The monoisotopic (exact) mass is 320 g/mol. The van der Waals surface area contributed by atoms with Gasteiger partial charge in [-0.2, -0.15) is 21.6 Å². The third kappa shape index (κ3) is 3.52. The van der Waals surface area contributed by atoms with Crippen molar-refractivity contribution in [1.82, 2.24) is 0 Å². The second-order valence-corrected chi connectivity index (χ2v) is 5.53. The van der Waals surface area contributed by atoms with E-state index in [4.69, 9.17) is 0 Å². The minimum atomic E-state index is -4.76. The van der Waals surface area contributed by atoms with E-state index < -0.39 is 38.3 Å². The fourth-order valence-corrected chi connectivity index (χ4v) is 2.49. The molecule has 0 atom stereocenters. The topological polar surface area (TPSA) is 43.4 Å². The molecule has 3 nitrogen and oxygen atoms in total. The summed E-state index contributed by atoms with van der Waals surface area (Å²) in [6.45, 7) is 0. The molecule has 112 valence electrons. The number of hydrogen-bond acceptors (Lipinski definition) is 3. The molecule has 0 bridgehead atoms. The van der Waals surface area contributed by atoms with Crippen LogP contribution in [0.25, 0.3) is 0 Å². The molecule has 2 rings (SSSR count). The molecule has 0 saturated heterocycles. The average Bonchev–Trinajstić information content (AvgIpc) is 2.38. The maximum atomic E-state index is 12.8. The summed E-state index contributed by atoms with van der Waals surface area (Å²) < 4.78 is 79.3. The average molecular weight is 320 g/mol. The van der Waals surface area contributed by atoms with Crippen LogP contribution in [0.5, 0.6) is 5.75 Å². The molecule has 8 heteroatoms. The first-order valence-electron chi connectivity index (χ1n) is 5.56. The number of alkyl halides is 3. The highest BCUT2D eigenvalue weighted by molar-refractivity contribution is 7.87. The summed E-state index contributed by atoms with van der Waals surface area (Å²) in [5, 5.41) is 0. The first-order valence-corrected chi connectivity index (χ1v) is 6.97. The normalized spacial score (nSPS) is 12.2. The van der Waals surface area contributed by atoms with Gasteiger partial charge in [-0.15, -0.1) is 0 Å². The number of benzene rings is 2. The Kier molecular flexibility index (Phi) is 3.91. The Labute approximate surface area is 117 Å². The zero-order valence-electron chi connectivity index (χ0n) is 10.3. The molecule has 0 aliphatic carbocycles. The molecule has 0 fully saturated rings. The lowest BCUT2D eigenvalue weighted by atomic mass is 10.2. The van der Waals surface area contributed by atoms with E-state index in [9.17, 15) is 26.0 Å². The highest BCUT2D eigenvalue weighted by atomic mass is 32.2. The van der Waals surface area contributed by atoms with E-state index in [1.54, 1.807) is 0 Å². The van der Waals surface area contributed by atoms with E-state index in [0.29, 0.717) is 6.07 Å². The molecule has 0 unspecified atom stereocenters. The summed E-state index contributed by atoms with van der Waals surface area (Å²) >= 11 is 0. The SMILES string of the molecule is O=S(=O)(Oc1ccccc1C(F)(F)F)c1ccc(F)cc1. The second-order valence-electron chi connectivity index (χ2n) is 3.99. The van der Waals surface area contributed by atoms with Crippen LogP contribution in [-0.4, -0.2) is 8.42 Å². The lowest BCUT2D eigenvalue weighted by Crippen LogP contribution is -2.14. The zero-order valence-corrected chi connectivity index (χ0v) is 11.1. The maximum Gasteiger partial charge on any atom is 0.420 e. The van der Waals surface area contributed by atoms with Crippen molar-refractivity contribution in [2.75, 3.05) is 0 Å². The van der Waals surface area contributed by atoms with Gasteiger partial charge < -0.3 is 4.18 Å². The van der Waals surface area contributed by atoms with E-state index in [-0.39, 0.29) is 0 Å². The molecule has 0 aromatic heterocycles. The standard InChI is InChI=1S/C13H8F4O3S/c14-9-5-7-10(8-6-9)21(18,19)20-12-4-2-1-3-11(12)13(15,16)17/h1-8H. The Morgan fingerprint density at radius 1 is 0.905 bits per heavy atom. The van der Waals surface area contributed by atoms with Gasteiger partial charge in [0.15, 0.2) is 5.75 Å². The van der Waals surface area contributed by atoms with Crippen molar-refractivity contribution in [2.45, 2.75) is 11.1 Å². The van der Waals surface area contributed by atoms with E-state index in [0.717, 1.165) is 36.4 Å². The Bertz CT molecular complexity index is 737. The summed E-state index contributed by atoms with van der Waals surface area (Å²) in [6, 6.07) is 7.46. The molecule has 0 amide bonds. The van der Waals surface area contributed by atoms with E-state index in [1.807, 2.05) is 0 Å². The quantitative estimate of drug-likeness (QED) is 0.641. The minimum absolute atomic E-state index is 0.444. The van der Waals surface area contributed by atoms with Crippen molar-refractivity contribution in [1.29, 1.82) is 0 Å². The third-order valence-electron chi connectivity index (χ3n) is 2.49. The molecule has 0 N–H and O–H groups in total. The van der Waals surface area contributed by atoms with Crippen LogP contribution >= 0.6 is 0 Å². The van der Waals surface area contributed by atoms with Crippen molar-refractivity contribution in [3.63, 3.8) is 0 Å². The molecule has 0 radical (unpaired) electrons. The van der Waals surface area contributed by atoms with Gasteiger partial charge in [-0.05, 0) is 36.4 Å². The fraction of sp³-hybridized carbons (Fsp3) is 0.0769. The van der Waals surface area contributed by atoms with Crippen LogP contribution in [0.15, 0.2) is 53.4 Å². The van der Waals surface area contributed by atoms with Crippen LogP contribution in [0.4, 0.5) is 17.6 Å². The van der Waals surface area contributed by atoms with Crippen molar-refractivity contribution in [3.8, 4) is 5.75 Å². The number of rotatable bonds is 3. The van der Waals surface area contributed by atoms with Crippen LogP contribution in [0, 0.1) is 5.82 Å². The summed E-state index contributed by atoms with van der Waals surface area (Å²) in [5.41, 5.74) is -1.21. The minimum Gasteiger partial charge on any atom is -0.378 e. The number of hydrogen-bond donors (Lipinski definition) is 0. The van der Waals surface area contributed by atoms with Gasteiger partial charge in [-0.1, -0.05) is 12.1 Å². The molecule has 0 aliphatic heterocycles. The molecule has 0 saturated carbocycles. The molecular weight excluding hydrogens is 312 g/mol. The molecule has 0 spiro atoms. The summed E-state index contributed by atoms with van der Waals surface area (Å²) in [5.74, 6) is -1.51. The lowest BCUT2D eigenvalue weighted by Gasteiger charge is -2.13. The van der Waals surface area contributed by atoms with Gasteiger partial charge in [0.2, 0.25) is 0 Å². The number of para-hydroxylation sites is 1. The van der Waals surface area contributed by atoms with E-state index in [1.165, 1.54) is 6.07 Å². The van der Waals surface area contributed by atoms with E-state index in [2.05, 4.69) is 4.18 Å². The van der Waals surface area contributed by atoms with E-state index >= 15 is 0 Å². The summed E-state index contributed by atoms with van der Waals surface area (Å²) in [6.07, 6.45) is -4.76. The maximum absolute atomic E-state index is 12.8. The van der Waals surface area contributed by atoms with Gasteiger partial charge in [0.05, 0.1) is 5.56 Å². The van der Waals surface area contributed by atoms with Crippen LogP contribution in [0.1, 0.15) is 5.56 Å². The molecule has 0 aliphatic rings. The molecule has 2 aromatic rings.